The number of rotatable bonds is 3. The van der Waals surface area contributed by atoms with Gasteiger partial charge < -0.3 is 9.84 Å². The molecule has 4 nitrogen and oxygen atoms in total. The Morgan fingerprint density at radius 3 is 2.53 bits per heavy atom. The van der Waals surface area contributed by atoms with Crippen molar-refractivity contribution in [2.75, 3.05) is 7.11 Å². The van der Waals surface area contributed by atoms with E-state index in [9.17, 15) is 17.9 Å². The first-order chi connectivity index (χ1) is 6.83. The van der Waals surface area contributed by atoms with E-state index in [1.54, 1.807) is 0 Å². The van der Waals surface area contributed by atoms with E-state index in [-0.39, 0.29) is 11.3 Å². The monoisotopic (exact) mass is 254 g/mol. The fourth-order valence-corrected chi connectivity index (χ4v) is 1.99. The topological polar surface area (TPSA) is 63.6 Å². The van der Waals surface area contributed by atoms with Crippen molar-refractivity contribution in [3.63, 3.8) is 0 Å². The van der Waals surface area contributed by atoms with E-state index in [1.165, 1.54) is 7.11 Å². The molecule has 0 saturated carbocycles. The van der Waals surface area contributed by atoms with Gasteiger partial charge in [0.25, 0.3) is 0 Å². The van der Waals surface area contributed by atoms with Gasteiger partial charge in [-0.25, -0.2) is 12.8 Å². The molecule has 15 heavy (non-hydrogen) atoms. The van der Waals surface area contributed by atoms with Crippen LogP contribution < -0.4 is 4.74 Å². The summed E-state index contributed by atoms with van der Waals surface area (Å²) in [5, 5.41) is 9.32. The molecule has 0 fully saturated rings. The molecule has 0 atom stereocenters. The molecule has 1 aromatic carbocycles. The van der Waals surface area contributed by atoms with Crippen molar-refractivity contribution in [3.05, 3.63) is 23.5 Å². The molecule has 1 rings (SSSR count). The molecule has 1 N–H and O–H groups in total. The average molecular weight is 255 g/mol. The third-order valence-electron chi connectivity index (χ3n) is 1.70. The maximum absolute atomic E-state index is 13.3. The molecule has 0 aliphatic heterocycles. The highest BCUT2D eigenvalue weighted by Gasteiger charge is 2.17. The van der Waals surface area contributed by atoms with Gasteiger partial charge in [-0.3, -0.25) is 0 Å². The summed E-state index contributed by atoms with van der Waals surface area (Å²) in [5.74, 6) is -2.05. The summed E-state index contributed by atoms with van der Waals surface area (Å²) < 4.78 is 39.4. The van der Waals surface area contributed by atoms with Gasteiger partial charge >= 0.3 is 0 Å². The predicted molar refractivity (Wildman–Crippen MR) is 53.1 cm³/mol. The number of hydrogen-bond donors (Lipinski definition) is 1. The van der Waals surface area contributed by atoms with E-state index in [2.05, 4.69) is 4.74 Å². The van der Waals surface area contributed by atoms with Crippen LogP contribution in [-0.4, -0.2) is 20.6 Å². The Labute approximate surface area is 90.7 Å². The zero-order valence-corrected chi connectivity index (χ0v) is 9.27. The van der Waals surface area contributed by atoms with Crippen LogP contribution in [0.3, 0.4) is 0 Å². The predicted octanol–water partition coefficient (Wildman–Crippen LogP) is 1.61. The lowest BCUT2D eigenvalue weighted by molar-refractivity contribution is 0.400. The van der Waals surface area contributed by atoms with Crippen molar-refractivity contribution in [1.82, 2.24) is 0 Å². The zero-order valence-electron chi connectivity index (χ0n) is 7.70. The normalized spacial score (nSPS) is 11.4. The van der Waals surface area contributed by atoms with Crippen molar-refractivity contribution < 1.29 is 22.7 Å². The van der Waals surface area contributed by atoms with Gasteiger partial charge in [0, 0.05) is 28.4 Å². The van der Waals surface area contributed by atoms with Gasteiger partial charge in [0.15, 0.2) is 0 Å². The Bertz CT molecular complexity index is 449. The number of phenolic OH excluding ortho intramolecular Hbond substituents is 1. The Morgan fingerprint density at radius 2 is 2.13 bits per heavy atom. The molecule has 0 unspecified atom stereocenters. The summed E-state index contributed by atoms with van der Waals surface area (Å²) in [6, 6.07) is 2.08. The molecule has 0 heterocycles. The van der Waals surface area contributed by atoms with Crippen LogP contribution >= 0.6 is 10.7 Å². The van der Waals surface area contributed by atoms with Crippen LogP contribution in [0.25, 0.3) is 0 Å². The van der Waals surface area contributed by atoms with E-state index in [0.29, 0.717) is 0 Å². The zero-order chi connectivity index (χ0) is 11.6. The third-order valence-corrected chi connectivity index (χ3v) is 2.66. The molecule has 0 spiro atoms. The van der Waals surface area contributed by atoms with Crippen molar-refractivity contribution in [2.45, 2.75) is 5.75 Å². The quantitative estimate of drug-likeness (QED) is 0.833. The molecule has 7 heteroatoms. The van der Waals surface area contributed by atoms with Gasteiger partial charge in [-0.2, -0.15) is 0 Å². The van der Waals surface area contributed by atoms with Crippen molar-refractivity contribution in [3.8, 4) is 11.5 Å². The second-order valence-electron chi connectivity index (χ2n) is 2.79. The highest BCUT2D eigenvalue weighted by molar-refractivity contribution is 8.13. The van der Waals surface area contributed by atoms with E-state index in [4.69, 9.17) is 10.7 Å². The molecule has 0 aliphatic rings. The number of phenols is 1. The summed E-state index contributed by atoms with van der Waals surface area (Å²) in [7, 11) is 2.34. The van der Waals surface area contributed by atoms with Gasteiger partial charge in [0.05, 0.1) is 12.9 Å². The Hall–Kier alpha value is -1.01. The standard InChI is InChI=1S/C8H8ClFO4S/c1-14-5-2-7(10)6(8(11)3-5)4-15(9,12)13/h2-3,11H,4H2,1H3. The van der Waals surface area contributed by atoms with Crippen LogP contribution in [0.1, 0.15) is 5.56 Å². The van der Waals surface area contributed by atoms with E-state index >= 15 is 0 Å². The fraction of sp³-hybridized carbons (Fsp3) is 0.250. The van der Waals surface area contributed by atoms with Crippen LogP contribution in [0.5, 0.6) is 11.5 Å². The van der Waals surface area contributed by atoms with E-state index in [1.807, 2.05) is 0 Å². The maximum atomic E-state index is 13.3. The maximum Gasteiger partial charge on any atom is 0.237 e. The lowest BCUT2D eigenvalue weighted by Gasteiger charge is -2.06. The summed E-state index contributed by atoms with van der Waals surface area (Å²) in [5.41, 5.74) is -0.370. The fourth-order valence-electron chi connectivity index (χ4n) is 1.03. The van der Waals surface area contributed by atoms with Gasteiger partial charge in [-0.05, 0) is 0 Å². The molecule has 84 valence electrons. The molecule has 0 amide bonds. The molecule has 0 radical (unpaired) electrons. The van der Waals surface area contributed by atoms with Gasteiger partial charge in [-0.15, -0.1) is 0 Å². The molecule has 0 aliphatic carbocycles. The van der Waals surface area contributed by atoms with Crippen molar-refractivity contribution in [1.29, 1.82) is 0 Å². The molecular weight excluding hydrogens is 247 g/mol. The van der Waals surface area contributed by atoms with Gasteiger partial charge in [0.2, 0.25) is 9.05 Å². The Balaban J connectivity index is 3.20. The number of hydrogen-bond acceptors (Lipinski definition) is 4. The van der Waals surface area contributed by atoms with Gasteiger partial charge in [-0.1, -0.05) is 0 Å². The number of aromatic hydroxyl groups is 1. The number of methoxy groups -OCH3 is 1. The highest BCUT2D eigenvalue weighted by Crippen LogP contribution is 2.28. The minimum absolute atomic E-state index is 0.0979. The van der Waals surface area contributed by atoms with Crippen molar-refractivity contribution in [2.24, 2.45) is 0 Å². The summed E-state index contributed by atoms with van der Waals surface area (Å²) in [4.78, 5) is 0. The van der Waals surface area contributed by atoms with E-state index in [0.717, 1.165) is 12.1 Å². The molecule has 1 aromatic rings. The smallest absolute Gasteiger partial charge is 0.237 e. The van der Waals surface area contributed by atoms with Crippen LogP contribution in [0.15, 0.2) is 12.1 Å². The SMILES string of the molecule is COc1cc(O)c(CS(=O)(=O)Cl)c(F)c1. The van der Waals surface area contributed by atoms with E-state index < -0.39 is 26.4 Å². The van der Waals surface area contributed by atoms with Crippen LogP contribution in [-0.2, 0) is 14.8 Å². The Morgan fingerprint density at radius 1 is 1.53 bits per heavy atom. The minimum Gasteiger partial charge on any atom is -0.507 e. The Kier molecular flexibility index (Phi) is 3.41. The minimum atomic E-state index is -3.91. The second kappa shape index (κ2) is 4.24. The second-order valence-corrected chi connectivity index (χ2v) is 5.57. The molecular formula is C8H8ClFO4S. The molecule has 0 aromatic heterocycles. The molecule has 0 bridgehead atoms. The number of benzene rings is 1. The lowest BCUT2D eigenvalue weighted by atomic mass is 10.2. The summed E-state index contributed by atoms with van der Waals surface area (Å²) in [6.45, 7) is 0. The van der Waals surface area contributed by atoms with Crippen LogP contribution in [0.2, 0.25) is 0 Å². The summed E-state index contributed by atoms with van der Waals surface area (Å²) in [6.07, 6.45) is 0. The molecule has 0 saturated heterocycles. The first kappa shape index (κ1) is 12.1. The van der Waals surface area contributed by atoms with Crippen LogP contribution in [0.4, 0.5) is 4.39 Å². The van der Waals surface area contributed by atoms with Gasteiger partial charge in [0.1, 0.15) is 17.3 Å². The third kappa shape index (κ3) is 3.24. The first-order valence-electron chi connectivity index (χ1n) is 3.81. The highest BCUT2D eigenvalue weighted by atomic mass is 35.7. The number of ether oxygens (including phenoxy) is 1. The first-order valence-corrected chi connectivity index (χ1v) is 6.29. The largest absolute Gasteiger partial charge is 0.507 e. The number of halogens is 2. The lowest BCUT2D eigenvalue weighted by Crippen LogP contribution is -1.99. The van der Waals surface area contributed by atoms with Crippen LogP contribution in [0, 0.1) is 5.82 Å². The van der Waals surface area contributed by atoms with Crippen molar-refractivity contribution >= 4 is 19.7 Å². The average Bonchev–Trinajstić information content (AvgIpc) is 2.09. The summed E-state index contributed by atoms with van der Waals surface area (Å²) >= 11 is 0.